The Morgan fingerprint density at radius 1 is 1.32 bits per heavy atom. The molecule has 0 atom stereocenters. The van der Waals surface area contributed by atoms with E-state index >= 15 is 0 Å². The third-order valence-electron chi connectivity index (χ3n) is 3.13. The van der Waals surface area contributed by atoms with Crippen molar-refractivity contribution in [3.05, 3.63) is 41.0 Å². The Morgan fingerprint density at radius 3 is 2.74 bits per heavy atom. The number of hydrogen-bond acceptors (Lipinski definition) is 5. The van der Waals surface area contributed by atoms with Crippen LogP contribution in [0.3, 0.4) is 0 Å². The van der Waals surface area contributed by atoms with Gasteiger partial charge in [0.25, 0.3) is 0 Å². The topological polar surface area (TPSA) is 59.2 Å². The van der Waals surface area contributed by atoms with Crippen molar-refractivity contribution in [1.29, 1.82) is 0 Å². The van der Waals surface area contributed by atoms with Gasteiger partial charge >= 0.3 is 0 Å². The van der Waals surface area contributed by atoms with E-state index in [4.69, 9.17) is 16.1 Å². The highest BCUT2D eigenvalue weighted by Crippen LogP contribution is 2.36. The molecule has 0 saturated heterocycles. The predicted octanol–water partition coefficient (Wildman–Crippen LogP) is 3.25. The van der Waals surface area contributed by atoms with Crippen LogP contribution in [0.4, 0.5) is 0 Å². The molecule has 1 fully saturated rings. The monoisotopic (exact) mass is 296 g/mol. The van der Waals surface area contributed by atoms with Crippen LogP contribution in [0, 0.1) is 0 Å². The van der Waals surface area contributed by atoms with E-state index in [1.54, 1.807) is 11.8 Å². The van der Waals surface area contributed by atoms with Gasteiger partial charge in [-0.3, -0.25) is 0 Å². The van der Waals surface area contributed by atoms with Crippen LogP contribution in [0.25, 0.3) is 0 Å². The molecule has 3 rings (SSSR count). The molecule has 0 bridgehead atoms. The molecule has 0 radical (unpaired) electrons. The molecule has 19 heavy (non-hydrogen) atoms. The molecule has 2 aromatic rings. The van der Waals surface area contributed by atoms with Crippen LogP contribution >= 0.6 is 23.4 Å². The van der Waals surface area contributed by atoms with E-state index in [1.807, 2.05) is 24.3 Å². The van der Waals surface area contributed by atoms with Crippen molar-refractivity contribution < 1.29 is 9.63 Å². The van der Waals surface area contributed by atoms with Crippen molar-refractivity contribution in [3.8, 4) is 0 Å². The number of aliphatic hydroxyl groups excluding tert-OH is 1. The fourth-order valence-electron chi connectivity index (χ4n) is 1.96. The minimum absolute atomic E-state index is 0.205. The van der Waals surface area contributed by atoms with Crippen LogP contribution in [0.5, 0.6) is 0 Å². The predicted molar refractivity (Wildman–Crippen MR) is 73.3 cm³/mol. The van der Waals surface area contributed by atoms with E-state index in [2.05, 4.69) is 10.1 Å². The molecule has 1 aromatic carbocycles. The van der Waals surface area contributed by atoms with Crippen LogP contribution < -0.4 is 0 Å². The van der Waals surface area contributed by atoms with Gasteiger partial charge in [-0.15, -0.1) is 11.8 Å². The maximum absolute atomic E-state index is 9.26. The number of aliphatic hydroxyl groups is 1. The Labute approximate surface area is 120 Å². The van der Waals surface area contributed by atoms with E-state index in [1.165, 1.54) is 0 Å². The Morgan fingerprint density at radius 2 is 2.05 bits per heavy atom. The lowest BCUT2D eigenvalue weighted by Crippen LogP contribution is -2.26. The number of hydrogen-bond donors (Lipinski definition) is 1. The molecule has 1 aliphatic carbocycles. The Hall–Kier alpha value is -1.04. The largest absolute Gasteiger partial charge is 0.393 e. The van der Waals surface area contributed by atoms with Gasteiger partial charge in [-0.1, -0.05) is 16.8 Å². The fourth-order valence-corrected chi connectivity index (χ4v) is 2.83. The van der Waals surface area contributed by atoms with E-state index < -0.39 is 0 Å². The minimum atomic E-state index is -0.205. The summed E-state index contributed by atoms with van der Waals surface area (Å²) in [5.41, 5.74) is 0. The van der Waals surface area contributed by atoms with E-state index in [9.17, 15) is 5.11 Å². The normalized spacial score (nSPS) is 22.2. The quantitative estimate of drug-likeness (QED) is 0.878. The van der Waals surface area contributed by atoms with Crippen molar-refractivity contribution >= 4 is 23.4 Å². The number of rotatable bonds is 4. The molecule has 0 spiro atoms. The van der Waals surface area contributed by atoms with Gasteiger partial charge < -0.3 is 9.63 Å². The first kappa shape index (κ1) is 13.0. The summed E-state index contributed by atoms with van der Waals surface area (Å²) in [4.78, 5) is 5.48. The zero-order valence-corrected chi connectivity index (χ0v) is 11.7. The van der Waals surface area contributed by atoms with E-state index in [0.29, 0.717) is 17.5 Å². The van der Waals surface area contributed by atoms with Gasteiger partial charge in [0, 0.05) is 15.8 Å². The Balaban J connectivity index is 1.57. The summed E-state index contributed by atoms with van der Waals surface area (Å²) in [6, 6.07) is 7.66. The summed E-state index contributed by atoms with van der Waals surface area (Å²) >= 11 is 7.47. The highest BCUT2D eigenvalue weighted by atomic mass is 35.5. The summed E-state index contributed by atoms with van der Waals surface area (Å²) < 4.78 is 5.22. The number of halogens is 1. The molecule has 1 heterocycles. The SMILES string of the molecule is OC1CC(c2nc(CSc3ccc(Cl)cc3)no2)C1. The van der Waals surface area contributed by atoms with Gasteiger partial charge in [0.2, 0.25) is 5.89 Å². The second kappa shape index (κ2) is 5.53. The van der Waals surface area contributed by atoms with Crippen LogP contribution in [0.1, 0.15) is 30.5 Å². The van der Waals surface area contributed by atoms with Crippen LogP contribution in [-0.4, -0.2) is 21.4 Å². The van der Waals surface area contributed by atoms with Crippen molar-refractivity contribution in [2.24, 2.45) is 0 Å². The average Bonchev–Trinajstić information content (AvgIpc) is 2.83. The van der Waals surface area contributed by atoms with Gasteiger partial charge in [0.15, 0.2) is 5.82 Å². The van der Waals surface area contributed by atoms with Gasteiger partial charge in [-0.25, -0.2) is 0 Å². The van der Waals surface area contributed by atoms with Gasteiger partial charge in [-0.05, 0) is 37.1 Å². The molecule has 1 N–H and O–H groups in total. The van der Waals surface area contributed by atoms with E-state index in [0.717, 1.165) is 22.8 Å². The maximum Gasteiger partial charge on any atom is 0.229 e. The minimum Gasteiger partial charge on any atom is -0.393 e. The molecule has 0 amide bonds. The molecule has 0 unspecified atom stereocenters. The third-order valence-corrected chi connectivity index (χ3v) is 4.39. The summed E-state index contributed by atoms with van der Waals surface area (Å²) in [6.45, 7) is 0. The zero-order chi connectivity index (χ0) is 13.2. The second-order valence-corrected chi connectivity index (χ2v) is 6.10. The van der Waals surface area contributed by atoms with Crippen LogP contribution in [0.2, 0.25) is 5.02 Å². The molecular weight excluding hydrogens is 284 g/mol. The highest BCUT2D eigenvalue weighted by molar-refractivity contribution is 7.98. The Kier molecular flexibility index (Phi) is 3.77. The van der Waals surface area contributed by atoms with Gasteiger partial charge in [0.1, 0.15) is 0 Å². The lowest BCUT2D eigenvalue weighted by Gasteiger charge is -2.27. The highest BCUT2D eigenvalue weighted by Gasteiger charge is 2.32. The van der Waals surface area contributed by atoms with Crippen LogP contribution in [0.15, 0.2) is 33.7 Å². The first-order valence-electron chi connectivity index (χ1n) is 6.09. The first-order chi connectivity index (χ1) is 9.20. The molecule has 1 aliphatic rings. The molecule has 4 nitrogen and oxygen atoms in total. The molecule has 1 aromatic heterocycles. The summed E-state index contributed by atoms with van der Waals surface area (Å²) in [6.07, 6.45) is 1.25. The Bertz CT molecular complexity index is 552. The second-order valence-electron chi connectivity index (χ2n) is 4.61. The van der Waals surface area contributed by atoms with Gasteiger partial charge in [0.05, 0.1) is 11.9 Å². The molecular formula is C13H13ClN2O2S. The van der Waals surface area contributed by atoms with Crippen molar-refractivity contribution in [3.63, 3.8) is 0 Å². The zero-order valence-electron chi connectivity index (χ0n) is 10.1. The lowest BCUT2D eigenvalue weighted by atomic mass is 9.82. The summed E-state index contributed by atoms with van der Waals surface area (Å²) in [5, 5.41) is 13.9. The van der Waals surface area contributed by atoms with E-state index in [-0.39, 0.29) is 12.0 Å². The van der Waals surface area contributed by atoms with Crippen molar-refractivity contribution in [2.45, 2.75) is 35.5 Å². The molecule has 6 heteroatoms. The van der Waals surface area contributed by atoms with Crippen molar-refractivity contribution in [2.75, 3.05) is 0 Å². The fraction of sp³-hybridized carbons (Fsp3) is 0.385. The number of benzene rings is 1. The summed E-state index contributed by atoms with van der Waals surface area (Å²) in [7, 11) is 0. The number of nitrogens with zero attached hydrogens (tertiary/aromatic N) is 2. The lowest BCUT2D eigenvalue weighted by molar-refractivity contribution is 0.0625. The maximum atomic E-state index is 9.26. The molecule has 1 saturated carbocycles. The standard InChI is InChI=1S/C13H13ClN2O2S/c14-9-1-3-11(4-2-9)19-7-12-15-13(18-16-12)8-5-10(17)6-8/h1-4,8,10,17H,5-7H2. The molecule has 0 aliphatic heterocycles. The molecule has 100 valence electrons. The third kappa shape index (κ3) is 3.11. The van der Waals surface area contributed by atoms with Gasteiger partial charge in [-0.2, -0.15) is 4.98 Å². The van der Waals surface area contributed by atoms with Crippen molar-refractivity contribution in [1.82, 2.24) is 10.1 Å². The average molecular weight is 297 g/mol. The smallest absolute Gasteiger partial charge is 0.229 e. The van der Waals surface area contributed by atoms with Crippen LogP contribution in [-0.2, 0) is 5.75 Å². The number of thioether (sulfide) groups is 1. The summed E-state index contributed by atoms with van der Waals surface area (Å²) in [5.74, 6) is 2.24. The number of aromatic nitrogens is 2. The first-order valence-corrected chi connectivity index (χ1v) is 7.46.